The summed E-state index contributed by atoms with van der Waals surface area (Å²) in [4.78, 5) is 28.2. The number of ether oxygens (including phenoxy) is 1. The van der Waals surface area contributed by atoms with Crippen molar-refractivity contribution in [3.8, 4) is 0 Å². The minimum atomic E-state index is -0.436. The lowest BCUT2D eigenvalue weighted by Gasteiger charge is -2.28. The summed E-state index contributed by atoms with van der Waals surface area (Å²) in [5.74, 6) is -0.249. The van der Waals surface area contributed by atoms with Crippen LogP contribution in [0.15, 0.2) is 0 Å². The Hall–Kier alpha value is -0.600. The average molecular weight is 385 g/mol. The minimum absolute atomic E-state index is 0. The number of nitrogens with zero attached hydrogens (tertiary/aromatic N) is 2. The van der Waals surface area contributed by atoms with Crippen LogP contribution in [0, 0.1) is 5.92 Å². The number of nitrogens with one attached hydrogen (secondary N) is 1. The van der Waals surface area contributed by atoms with Gasteiger partial charge in [0.1, 0.15) is 0 Å². The number of carbonyl (C=O) groups is 2. The molecular formula is C15H30Cl2N4O3. The van der Waals surface area contributed by atoms with Crippen molar-refractivity contribution in [3.05, 3.63) is 0 Å². The molecule has 3 N–H and O–H groups in total. The van der Waals surface area contributed by atoms with E-state index in [1.165, 1.54) is 0 Å². The Labute approximate surface area is 156 Å². The van der Waals surface area contributed by atoms with Crippen LogP contribution >= 0.6 is 24.8 Å². The van der Waals surface area contributed by atoms with E-state index >= 15 is 0 Å². The smallest absolute Gasteiger partial charge is 0.225 e. The van der Waals surface area contributed by atoms with E-state index in [2.05, 4.69) is 10.2 Å². The van der Waals surface area contributed by atoms with Gasteiger partial charge < -0.3 is 20.7 Å². The molecule has 2 amide bonds. The Morgan fingerprint density at radius 1 is 1.29 bits per heavy atom. The number of amides is 2. The third kappa shape index (κ3) is 7.53. The Kier molecular flexibility index (Phi) is 10.1. The van der Waals surface area contributed by atoms with E-state index in [9.17, 15) is 9.59 Å². The summed E-state index contributed by atoms with van der Waals surface area (Å²) in [6.07, 6.45) is 0.306. The summed E-state index contributed by atoms with van der Waals surface area (Å²) in [5.41, 5.74) is 5.42. The maximum absolute atomic E-state index is 12.1. The number of nitrogens with two attached hydrogens (primary N) is 1. The molecule has 0 aromatic rings. The van der Waals surface area contributed by atoms with Gasteiger partial charge in [-0.1, -0.05) is 0 Å². The Morgan fingerprint density at radius 3 is 2.50 bits per heavy atom. The molecule has 9 heteroatoms. The highest BCUT2D eigenvalue weighted by Crippen LogP contribution is 2.18. The molecule has 0 spiro atoms. The van der Waals surface area contributed by atoms with Crippen LogP contribution in [0.2, 0.25) is 0 Å². The van der Waals surface area contributed by atoms with Crippen LogP contribution in [0.4, 0.5) is 0 Å². The van der Waals surface area contributed by atoms with Crippen molar-refractivity contribution in [1.29, 1.82) is 0 Å². The Bertz CT molecular complexity index is 412. The highest BCUT2D eigenvalue weighted by Gasteiger charge is 2.34. The van der Waals surface area contributed by atoms with Crippen molar-refractivity contribution in [2.24, 2.45) is 11.7 Å². The number of halogens is 2. The van der Waals surface area contributed by atoms with E-state index in [1.807, 2.05) is 13.8 Å². The molecule has 7 nitrogen and oxygen atoms in total. The third-order valence-electron chi connectivity index (χ3n) is 4.09. The lowest BCUT2D eigenvalue weighted by Crippen LogP contribution is -2.47. The van der Waals surface area contributed by atoms with Gasteiger partial charge in [0.05, 0.1) is 19.1 Å². The zero-order chi connectivity index (χ0) is 16.2. The van der Waals surface area contributed by atoms with Crippen molar-refractivity contribution in [1.82, 2.24) is 15.1 Å². The summed E-state index contributed by atoms with van der Waals surface area (Å²) in [6.45, 7) is 9.54. The van der Waals surface area contributed by atoms with Crippen molar-refractivity contribution in [2.75, 3.05) is 52.5 Å². The fourth-order valence-corrected chi connectivity index (χ4v) is 2.71. The summed E-state index contributed by atoms with van der Waals surface area (Å²) < 4.78 is 5.31. The van der Waals surface area contributed by atoms with E-state index in [0.717, 1.165) is 32.8 Å². The van der Waals surface area contributed by atoms with E-state index in [1.54, 1.807) is 4.90 Å². The van der Waals surface area contributed by atoms with E-state index < -0.39 is 5.54 Å². The quantitative estimate of drug-likeness (QED) is 0.665. The average Bonchev–Trinajstić information content (AvgIpc) is 2.84. The predicted octanol–water partition coefficient (Wildman–Crippen LogP) is -0.136. The molecule has 24 heavy (non-hydrogen) atoms. The Morgan fingerprint density at radius 2 is 1.92 bits per heavy atom. The molecule has 1 unspecified atom stereocenters. The molecule has 2 heterocycles. The van der Waals surface area contributed by atoms with Gasteiger partial charge in [0.25, 0.3) is 0 Å². The molecule has 1 atom stereocenters. The molecule has 2 aliphatic rings. The lowest BCUT2D eigenvalue weighted by atomic mass is 10.1. The van der Waals surface area contributed by atoms with E-state index in [0.29, 0.717) is 26.1 Å². The zero-order valence-corrected chi connectivity index (χ0v) is 16.1. The second-order valence-corrected chi connectivity index (χ2v) is 6.90. The second kappa shape index (κ2) is 10.4. The molecule has 2 rings (SSSR count). The molecule has 2 aliphatic heterocycles. The molecule has 2 saturated heterocycles. The monoisotopic (exact) mass is 384 g/mol. The van der Waals surface area contributed by atoms with Gasteiger partial charge in [-0.15, -0.1) is 24.8 Å². The van der Waals surface area contributed by atoms with E-state index in [-0.39, 0.29) is 42.5 Å². The zero-order valence-electron chi connectivity index (χ0n) is 14.5. The standard InChI is InChI=1S/C15H28N4O3.2ClH/c1-15(2,16)11-17-14(21)12-9-13(20)19(10-12)4-3-18-5-7-22-8-6-18;;/h12H,3-11,16H2,1-2H3,(H,17,21);2*1H. The van der Waals surface area contributed by atoms with E-state index in [4.69, 9.17) is 10.5 Å². The fraction of sp³-hybridized carbons (Fsp3) is 0.867. The fourth-order valence-electron chi connectivity index (χ4n) is 2.71. The first kappa shape index (κ1) is 23.4. The summed E-state index contributed by atoms with van der Waals surface area (Å²) >= 11 is 0. The summed E-state index contributed by atoms with van der Waals surface area (Å²) in [7, 11) is 0. The molecule has 0 aromatic carbocycles. The van der Waals surface area contributed by atoms with Gasteiger partial charge in [-0.2, -0.15) is 0 Å². The predicted molar refractivity (Wildman–Crippen MR) is 97.7 cm³/mol. The number of likely N-dealkylation sites (tertiary alicyclic amines) is 1. The lowest BCUT2D eigenvalue weighted by molar-refractivity contribution is -0.129. The van der Waals surface area contributed by atoms with Gasteiger partial charge in [0.2, 0.25) is 11.8 Å². The first-order valence-electron chi connectivity index (χ1n) is 7.99. The number of carbonyl (C=O) groups excluding carboxylic acids is 2. The molecule has 0 aliphatic carbocycles. The highest BCUT2D eigenvalue weighted by atomic mass is 35.5. The minimum Gasteiger partial charge on any atom is -0.379 e. The van der Waals surface area contributed by atoms with Crippen LogP contribution in [0.1, 0.15) is 20.3 Å². The number of hydrogen-bond acceptors (Lipinski definition) is 5. The largest absolute Gasteiger partial charge is 0.379 e. The topological polar surface area (TPSA) is 87.9 Å². The van der Waals surface area contributed by atoms with Crippen LogP contribution in [0.3, 0.4) is 0 Å². The van der Waals surface area contributed by atoms with Gasteiger partial charge in [-0.05, 0) is 13.8 Å². The molecule has 0 bridgehead atoms. The SMILES string of the molecule is CC(C)(N)CNC(=O)C1CC(=O)N(CCN2CCOCC2)C1.Cl.Cl. The van der Waals surface area contributed by atoms with Gasteiger partial charge in [-0.3, -0.25) is 14.5 Å². The van der Waals surface area contributed by atoms with Crippen molar-refractivity contribution in [2.45, 2.75) is 25.8 Å². The maximum atomic E-state index is 12.1. The number of rotatable bonds is 6. The van der Waals surface area contributed by atoms with Gasteiger partial charge in [-0.25, -0.2) is 0 Å². The number of morpholine rings is 1. The van der Waals surface area contributed by atoms with Crippen molar-refractivity contribution in [3.63, 3.8) is 0 Å². The van der Waals surface area contributed by atoms with Crippen LogP contribution in [0.5, 0.6) is 0 Å². The van der Waals surface area contributed by atoms with Crippen LogP contribution in [-0.4, -0.2) is 79.6 Å². The van der Waals surface area contributed by atoms with Crippen molar-refractivity contribution < 1.29 is 14.3 Å². The normalized spacial score (nSPS) is 21.9. The Balaban J connectivity index is 0.00000264. The van der Waals surface area contributed by atoms with Crippen LogP contribution < -0.4 is 11.1 Å². The molecular weight excluding hydrogens is 355 g/mol. The summed E-state index contributed by atoms with van der Waals surface area (Å²) in [5, 5.41) is 2.84. The highest BCUT2D eigenvalue weighted by molar-refractivity contribution is 5.89. The number of hydrogen-bond donors (Lipinski definition) is 2. The van der Waals surface area contributed by atoms with Crippen LogP contribution in [0.25, 0.3) is 0 Å². The van der Waals surface area contributed by atoms with Crippen LogP contribution in [-0.2, 0) is 14.3 Å². The van der Waals surface area contributed by atoms with Gasteiger partial charge >= 0.3 is 0 Å². The molecule has 142 valence electrons. The first-order chi connectivity index (χ1) is 10.3. The van der Waals surface area contributed by atoms with Gasteiger partial charge in [0, 0.05) is 51.2 Å². The van der Waals surface area contributed by atoms with Crippen molar-refractivity contribution >= 4 is 36.6 Å². The molecule has 0 radical (unpaired) electrons. The first-order valence-corrected chi connectivity index (χ1v) is 7.99. The molecule has 0 saturated carbocycles. The molecule has 2 fully saturated rings. The third-order valence-corrected chi connectivity index (χ3v) is 4.09. The summed E-state index contributed by atoms with van der Waals surface area (Å²) in [6, 6.07) is 0. The molecule has 0 aromatic heterocycles. The second-order valence-electron chi connectivity index (χ2n) is 6.90. The maximum Gasteiger partial charge on any atom is 0.225 e. The van der Waals surface area contributed by atoms with Gasteiger partial charge in [0.15, 0.2) is 0 Å².